The van der Waals surface area contributed by atoms with Crippen LogP contribution in [0.5, 0.6) is 0 Å². The van der Waals surface area contributed by atoms with Crippen LogP contribution in [0.3, 0.4) is 0 Å². The van der Waals surface area contributed by atoms with E-state index >= 15 is 0 Å². The average molecular weight is 301 g/mol. The zero-order valence-electron chi connectivity index (χ0n) is 11.7. The Morgan fingerprint density at radius 1 is 1.19 bits per heavy atom. The average Bonchev–Trinajstić information content (AvgIpc) is 2.46. The van der Waals surface area contributed by atoms with Crippen LogP contribution in [0, 0.1) is 18.3 Å². The zero-order chi connectivity index (χ0) is 15.6. The molecule has 0 saturated heterocycles. The Bertz CT molecular complexity index is 823. The fourth-order valence-corrected chi connectivity index (χ4v) is 3.33. The molecule has 6 heteroatoms. The van der Waals surface area contributed by atoms with Crippen LogP contribution in [0.1, 0.15) is 11.1 Å². The minimum absolute atomic E-state index is 0.0309. The number of benzene rings is 2. The van der Waals surface area contributed by atoms with Gasteiger partial charge in [0.1, 0.15) is 11.0 Å². The van der Waals surface area contributed by atoms with Gasteiger partial charge in [-0.25, -0.2) is 8.42 Å². The number of nitrogens with zero attached hydrogens (tertiary/aromatic N) is 2. The molecule has 0 unspecified atom stereocenters. The van der Waals surface area contributed by atoms with Gasteiger partial charge >= 0.3 is 0 Å². The maximum Gasteiger partial charge on any atom is 0.266 e. The second kappa shape index (κ2) is 5.46. The Kier molecular flexibility index (Phi) is 3.87. The second-order valence-corrected chi connectivity index (χ2v) is 6.58. The standard InChI is InChI=1S/C15H15N3O2S/c1-11-7-8-15(13(17)9-11)21(19,20)18(2)14-6-4-3-5-12(14)10-16/h3-9H,17H2,1-2H3. The van der Waals surface area contributed by atoms with Crippen molar-refractivity contribution in [2.75, 3.05) is 17.1 Å². The fourth-order valence-electron chi connectivity index (χ4n) is 2.02. The van der Waals surface area contributed by atoms with Gasteiger partial charge in [-0.1, -0.05) is 18.2 Å². The predicted octanol–water partition coefficient (Wildman–Crippen LogP) is 2.27. The summed E-state index contributed by atoms with van der Waals surface area (Å²) in [6.45, 7) is 1.83. The van der Waals surface area contributed by atoms with E-state index in [1.54, 1.807) is 36.4 Å². The molecule has 2 aromatic rings. The summed E-state index contributed by atoms with van der Waals surface area (Å²) in [5.74, 6) is 0. The molecule has 0 heterocycles. The third-order valence-corrected chi connectivity index (χ3v) is 5.01. The van der Waals surface area contributed by atoms with E-state index in [0.29, 0.717) is 5.69 Å². The van der Waals surface area contributed by atoms with Gasteiger partial charge in [0.25, 0.3) is 10.0 Å². The molecule has 0 aromatic heterocycles. The van der Waals surface area contributed by atoms with Gasteiger partial charge in [-0.3, -0.25) is 4.31 Å². The third-order valence-electron chi connectivity index (χ3n) is 3.17. The third kappa shape index (κ3) is 2.69. The van der Waals surface area contributed by atoms with E-state index in [1.165, 1.54) is 13.1 Å². The molecule has 5 nitrogen and oxygen atoms in total. The molecule has 0 bridgehead atoms. The van der Waals surface area contributed by atoms with Crippen LogP contribution >= 0.6 is 0 Å². The van der Waals surface area contributed by atoms with Gasteiger partial charge < -0.3 is 5.73 Å². The Balaban J connectivity index is 2.56. The molecule has 0 radical (unpaired) electrons. The Hall–Kier alpha value is -2.52. The van der Waals surface area contributed by atoms with E-state index in [1.807, 2.05) is 13.0 Å². The van der Waals surface area contributed by atoms with Gasteiger partial charge in [0.05, 0.1) is 16.9 Å². The van der Waals surface area contributed by atoms with Gasteiger partial charge in [0, 0.05) is 7.05 Å². The molecule has 21 heavy (non-hydrogen) atoms. The summed E-state index contributed by atoms with van der Waals surface area (Å²) in [6, 6.07) is 13.3. The molecular weight excluding hydrogens is 286 g/mol. The summed E-state index contributed by atoms with van der Waals surface area (Å²) in [5, 5.41) is 9.10. The lowest BCUT2D eigenvalue weighted by Gasteiger charge is -2.21. The van der Waals surface area contributed by atoms with Crippen molar-refractivity contribution >= 4 is 21.4 Å². The number of nitrogen functional groups attached to an aromatic ring is 1. The fraction of sp³-hybridized carbons (Fsp3) is 0.133. The lowest BCUT2D eigenvalue weighted by Crippen LogP contribution is -2.28. The highest BCUT2D eigenvalue weighted by molar-refractivity contribution is 7.93. The summed E-state index contributed by atoms with van der Waals surface area (Å²) in [5.41, 5.74) is 7.50. The highest BCUT2D eigenvalue weighted by Crippen LogP contribution is 2.28. The zero-order valence-corrected chi connectivity index (χ0v) is 12.6. The topological polar surface area (TPSA) is 87.2 Å². The molecule has 2 aromatic carbocycles. The highest BCUT2D eigenvalue weighted by Gasteiger charge is 2.25. The molecule has 0 spiro atoms. The van der Waals surface area contributed by atoms with E-state index in [-0.39, 0.29) is 16.1 Å². The smallest absolute Gasteiger partial charge is 0.266 e. The highest BCUT2D eigenvalue weighted by atomic mass is 32.2. The van der Waals surface area contributed by atoms with Gasteiger partial charge in [-0.15, -0.1) is 0 Å². The minimum Gasteiger partial charge on any atom is -0.398 e. The summed E-state index contributed by atoms with van der Waals surface area (Å²) in [4.78, 5) is 0.0309. The van der Waals surface area contributed by atoms with E-state index in [9.17, 15) is 8.42 Å². The van der Waals surface area contributed by atoms with Crippen LogP contribution < -0.4 is 10.0 Å². The van der Waals surface area contributed by atoms with E-state index in [0.717, 1.165) is 9.87 Å². The van der Waals surface area contributed by atoms with Crippen molar-refractivity contribution in [3.05, 3.63) is 53.6 Å². The first-order valence-electron chi connectivity index (χ1n) is 6.22. The van der Waals surface area contributed by atoms with Crippen molar-refractivity contribution in [3.8, 4) is 6.07 Å². The number of rotatable bonds is 3. The first kappa shape index (κ1) is 14.9. The molecule has 0 aliphatic rings. The molecule has 0 aliphatic heterocycles. The summed E-state index contributed by atoms with van der Waals surface area (Å²) < 4.78 is 26.4. The van der Waals surface area contributed by atoms with Crippen molar-refractivity contribution in [2.45, 2.75) is 11.8 Å². The first-order valence-corrected chi connectivity index (χ1v) is 7.66. The monoisotopic (exact) mass is 301 g/mol. The lowest BCUT2D eigenvalue weighted by molar-refractivity contribution is 0.594. The molecule has 2 rings (SSSR count). The van der Waals surface area contributed by atoms with Crippen LogP contribution in [-0.4, -0.2) is 15.5 Å². The number of hydrogen-bond acceptors (Lipinski definition) is 4. The quantitative estimate of drug-likeness (QED) is 0.881. The maximum absolute atomic E-state index is 12.7. The molecular formula is C15H15N3O2S. The lowest BCUT2D eigenvalue weighted by atomic mass is 10.2. The number of nitrogens with two attached hydrogens (primary N) is 1. The summed E-state index contributed by atoms with van der Waals surface area (Å²) >= 11 is 0. The van der Waals surface area contributed by atoms with Gasteiger partial charge in [-0.2, -0.15) is 5.26 Å². The number of sulfonamides is 1. The van der Waals surface area contributed by atoms with Crippen LogP contribution in [0.2, 0.25) is 0 Å². The number of nitriles is 1. The van der Waals surface area contributed by atoms with Crippen molar-refractivity contribution in [1.82, 2.24) is 0 Å². The predicted molar refractivity (Wildman–Crippen MR) is 82.3 cm³/mol. The summed E-state index contributed by atoms with van der Waals surface area (Å²) in [6.07, 6.45) is 0. The SMILES string of the molecule is Cc1ccc(S(=O)(=O)N(C)c2ccccc2C#N)c(N)c1. The Labute approximate surface area is 124 Å². The van der Waals surface area contributed by atoms with Crippen molar-refractivity contribution in [2.24, 2.45) is 0 Å². The molecule has 0 atom stereocenters. The van der Waals surface area contributed by atoms with E-state index < -0.39 is 10.0 Å². The molecule has 0 fully saturated rings. The van der Waals surface area contributed by atoms with Gasteiger partial charge in [-0.05, 0) is 36.8 Å². The van der Waals surface area contributed by atoms with Gasteiger partial charge in [0.2, 0.25) is 0 Å². The Morgan fingerprint density at radius 3 is 2.48 bits per heavy atom. The van der Waals surface area contributed by atoms with Crippen molar-refractivity contribution in [1.29, 1.82) is 5.26 Å². The minimum atomic E-state index is -3.81. The molecule has 2 N–H and O–H groups in total. The van der Waals surface area contributed by atoms with Crippen molar-refractivity contribution < 1.29 is 8.42 Å². The number of anilines is 2. The van der Waals surface area contributed by atoms with Gasteiger partial charge in [0.15, 0.2) is 0 Å². The largest absolute Gasteiger partial charge is 0.398 e. The number of aryl methyl sites for hydroxylation is 1. The molecule has 0 amide bonds. The molecule has 0 aliphatic carbocycles. The number of para-hydroxylation sites is 1. The second-order valence-electron chi connectivity index (χ2n) is 4.64. The van der Waals surface area contributed by atoms with Crippen LogP contribution in [0.25, 0.3) is 0 Å². The normalized spacial score (nSPS) is 10.9. The van der Waals surface area contributed by atoms with Crippen LogP contribution in [0.4, 0.5) is 11.4 Å². The van der Waals surface area contributed by atoms with Crippen molar-refractivity contribution in [3.63, 3.8) is 0 Å². The molecule has 108 valence electrons. The molecule has 0 saturated carbocycles. The maximum atomic E-state index is 12.7. The van der Waals surface area contributed by atoms with Crippen LogP contribution in [0.15, 0.2) is 47.4 Å². The Morgan fingerprint density at radius 2 is 1.86 bits per heavy atom. The van der Waals surface area contributed by atoms with E-state index in [4.69, 9.17) is 11.0 Å². The summed E-state index contributed by atoms with van der Waals surface area (Å²) in [7, 11) is -2.41. The number of hydrogen-bond donors (Lipinski definition) is 1. The van der Waals surface area contributed by atoms with Crippen LogP contribution in [-0.2, 0) is 10.0 Å². The van der Waals surface area contributed by atoms with E-state index in [2.05, 4.69) is 0 Å². The first-order chi connectivity index (χ1) is 9.87.